The van der Waals surface area contributed by atoms with Crippen molar-refractivity contribution in [3.63, 3.8) is 0 Å². The van der Waals surface area contributed by atoms with Crippen molar-refractivity contribution in [2.75, 3.05) is 12.4 Å². The average Bonchev–Trinajstić information content (AvgIpc) is 3.32. The molecule has 0 aliphatic rings. The fourth-order valence-electron chi connectivity index (χ4n) is 3.03. The fraction of sp³-hybridized carbons (Fsp3) is 0.130. The molecule has 1 amide bonds. The molecule has 0 spiro atoms. The Labute approximate surface area is 172 Å². The lowest BCUT2D eigenvalue weighted by Crippen LogP contribution is -2.06. The van der Waals surface area contributed by atoms with E-state index < -0.39 is 0 Å². The van der Waals surface area contributed by atoms with Crippen LogP contribution in [-0.4, -0.2) is 18.0 Å². The highest BCUT2D eigenvalue weighted by molar-refractivity contribution is 7.15. The summed E-state index contributed by atoms with van der Waals surface area (Å²) in [7, 11) is 1.62. The van der Waals surface area contributed by atoms with Crippen molar-refractivity contribution in [3.05, 3.63) is 82.6 Å². The lowest BCUT2D eigenvalue weighted by molar-refractivity contribution is -0.111. The summed E-state index contributed by atoms with van der Waals surface area (Å²) in [6.07, 6.45) is 5.69. The highest BCUT2D eigenvalue weighted by atomic mass is 32.1. The zero-order chi connectivity index (χ0) is 20.2. The highest BCUT2D eigenvalue weighted by Gasteiger charge is 2.07. The van der Waals surface area contributed by atoms with Gasteiger partial charge in [0.1, 0.15) is 17.1 Å². The second kappa shape index (κ2) is 8.32. The van der Waals surface area contributed by atoms with Crippen LogP contribution in [0.3, 0.4) is 0 Å². The van der Waals surface area contributed by atoms with Crippen LogP contribution in [0.1, 0.15) is 21.8 Å². The van der Waals surface area contributed by atoms with E-state index in [1.54, 1.807) is 19.4 Å². The maximum absolute atomic E-state index is 12.2. The van der Waals surface area contributed by atoms with Crippen molar-refractivity contribution in [1.82, 2.24) is 4.98 Å². The lowest BCUT2D eigenvalue weighted by Gasteiger charge is -1.99. The largest absolute Gasteiger partial charge is 0.497 e. The van der Waals surface area contributed by atoms with Gasteiger partial charge in [-0.15, -0.1) is 11.3 Å². The number of aryl methyl sites for hydroxylation is 1. The number of hydrogen-bond acceptors (Lipinski definition) is 5. The van der Waals surface area contributed by atoms with Crippen LogP contribution in [0.5, 0.6) is 5.75 Å². The molecule has 6 heteroatoms. The summed E-state index contributed by atoms with van der Waals surface area (Å²) in [5.74, 6) is 1.11. The standard InChI is InChI=1S/C23H20N2O3S/c1-15-4-3-5-16(10-15)11-20-14-24-23(29-20)25-22(26)9-7-19-13-17-12-18(27-2)6-8-21(17)28-19/h3-10,12-14H,11H2,1-2H3,(H,24,25,26)/b9-7+. The molecule has 0 atom stereocenters. The summed E-state index contributed by atoms with van der Waals surface area (Å²) in [5, 5.41) is 4.30. The molecular formula is C23H20N2O3S. The minimum absolute atomic E-state index is 0.250. The molecule has 5 nitrogen and oxygen atoms in total. The molecule has 0 fully saturated rings. The van der Waals surface area contributed by atoms with Crippen LogP contribution in [-0.2, 0) is 11.2 Å². The Kier molecular flexibility index (Phi) is 5.44. The number of fused-ring (bicyclic) bond motifs is 1. The van der Waals surface area contributed by atoms with Crippen LogP contribution >= 0.6 is 11.3 Å². The second-order valence-corrected chi connectivity index (χ2v) is 7.79. The van der Waals surface area contributed by atoms with Crippen LogP contribution in [0.25, 0.3) is 17.0 Å². The summed E-state index contributed by atoms with van der Waals surface area (Å²) in [5.41, 5.74) is 3.20. The van der Waals surface area contributed by atoms with E-state index >= 15 is 0 Å². The molecule has 0 bridgehead atoms. The van der Waals surface area contributed by atoms with Crippen LogP contribution in [0.15, 0.2) is 65.2 Å². The Bertz CT molecular complexity index is 1190. The number of methoxy groups -OCH3 is 1. The van der Waals surface area contributed by atoms with Crippen LogP contribution in [0, 0.1) is 6.92 Å². The summed E-state index contributed by atoms with van der Waals surface area (Å²) in [4.78, 5) is 17.6. The molecule has 146 valence electrons. The molecule has 0 aliphatic heterocycles. The number of nitrogens with zero attached hydrogens (tertiary/aromatic N) is 1. The molecule has 29 heavy (non-hydrogen) atoms. The van der Waals surface area contributed by atoms with E-state index in [9.17, 15) is 4.79 Å². The van der Waals surface area contributed by atoms with Gasteiger partial charge in [0.2, 0.25) is 5.91 Å². The summed E-state index contributed by atoms with van der Waals surface area (Å²) in [6, 6.07) is 15.8. The van der Waals surface area contributed by atoms with E-state index in [-0.39, 0.29) is 5.91 Å². The maximum atomic E-state index is 12.2. The molecule has 0 unspecified atom stereocenters. The SMILES string of the molecule is COc1ccc2oc(/C=C/C(=O)Nc3ncc(Cc4cccc(C)c4)s3)cc2c1. The maximum Gasteiger partial charge on any atom is 0.250 e. The number of aromatic nitrogens is 1. The molecule has 0 radical (unpaired) electrons. The van der Waals surface area contributed by atoms with Crippen LogP contribution < -0.4 is 10.1 Å². The fourth-order valence-corrected chi connectivity index (χ4v) is 3.88. The normalized spacial score (nSPS) is 11.2. The van der Waals surface area contributed by atoms with E-state index in [1.165, 1.54) is 28.5 Å². The number of thiazole rings is 1. The number of rotatable bonds is 6. The number of amides is 1. The van der Waals surface area contributed by atoms with Crippen molar-refractivity contribution in [1.29, 1.82) is 0 Å². The van der Waals surface area contributed by atoms with E-state index in [4.69, 9.17) is 9.15 Å². The second-order valence-electron chi connectivity index (χ2n) is 6.67. The summed E-state index contributed by atoms with van der Waals surface area (Å²) < 4.78 is 10.9. The average molecular weight is 404 g/mol. The predicted molar refractivity (Wildman–Crippen MR) is 117 cm³/mol. The number of carbonyl (C=O) groups is 1. The molecule has 0 saturated carbocycles. The number of furan rings is 1. The van der Waals surface area contributed by atoms with Crippen LogP contribution in [0.4, 0.5) is 5.13 Å². The minimum atomic E-state index is -0.250. The number of benzene rings is 2. The van der Waals surface area contributed by atoms with Gasteiger partial charge in [-0.25, -0.2) is 4.98 Å². The first-order chi connectivity index (χ1) is 14.1. The van der Waals surface area contributed by atoms with Gasteiger partial charge >= 0.3 is 0 Å². The van der Waals surface area contributed by atoms with Crippen molar-refractivity contribution in [3.8, 4) is 5.75 Å². The summed E-state index contributed by atoms with van der Waals surface area (Å²) in [6.45, 7) is 2.08. The van der Waals surface area contributed by atoms with Gasteiger partial charge in [0.05, 0.1) is 7.11 Å². The van der Waals surface area contributed by atoms with Gasteiger partial charge in [-0.3, -0.25) is 10.1 Å². The summed E-state index contributed by atoms with van der Waals surface area (Å²) >= 11 is 1.48. The molecule has 0 saturated heterocycles. The molecule has 1 N–H and O–H groups in total. The topological polar surface area (TPSA) is 64.4 Å². The Hall–Kier alpha value is -3.38. The molecule has 4 aromatic rings. The molecule has 2 heterocycles. The monoisotopic (exact) mass is 404 g/mol. The minimum Gasteiger partial charge on any atom is -0.497 e. The molecule has 0 aliphatic carbocycles. The van der Waals surface area contributed by atoms with Crippen molar-refractivity contribution < 1.29 is 13.9 Å². The van der Waals surface area contributed by atoms with E-state index in [0.29, 0.717) is 10.9 Å². The van der Waals surface area contributed by atoms with Gasteiger partial charge in [0.25, 0.3) is 0 Å². The van der Waals surface area contributed by atoms with E-state index in [0.717, 1.165) is 28.0 Å². The van der Waals surface area contributed by atoms with Gasteiger partial charge < -0.3 is 9.15 Å². The highest BCUT2D eigenvalue weighted by Crippen LogP contribution is 2.25. The quantitative estimate of drug-likeness (QED) is 0.434. The van der Waals surface area contributed by atoms with Gasteiger partial charge in [0, 0.05) is 29.0 Å². The van der Waals surface area contributed by atoms with Crippen molar-refractivity contribution in [2.24, 2.45) is 0 Å². The molecular weight excluding hydrogens is 384 g/mol. The first-order valence-electron chi connectivity index (χ1n) is 9.16. The molecule has 4 rings (SSSR count). The van der Waals surface area contributed by atoms with E-state index in [1.807, 2.05) is 30.3 Å². The zero-order valence-corrected chi connectivity index (χ0v) is 17.0. The smallest absolute Gasteiger partial charge is 0.250 e. The van der Waals surface area contributed by atoms with E-state index in [2.05, 4.69) is 35.4 Å². The lowest BCUT2D eigenvalue weighted by atomic mass is 10.1. The molecule has 2 aromatic heterocycles. The number of hydrogen-bond donors (Lipinski definition) is 1. The van der Waals surface area contributed by atoms with Gasteiger partial charge in [-0.2, -0.15) is 0 Å². The number of anilines is 1. The first kappa shape index (κ1) is 19.0. The number of carbonyl (C=O) groups excluding carboxylic acids is 1. The Morgan fingerprint density at radius 3 is 2.97 bits per heavy atom. The molecule has 2 aromatic carbocycles. The Morgan fingerprint density at radius 1 is 1.24 bits per heavy atom. The van der Waals surface area contributed by atoms with Gasteiger partial charge in [0.15, 0.2) is 5.13 Å². The third-order valence-electron chi connectivity index (χ3n) is 4.39. The van der Waals surface area contributed by atoms with Gasteiger partial charge in [-0.1, -0.05) is 29.8 Å². The third-order valence-corrected chi connectivity index (χ3v) is 5.30. The Balaban J connectivity index is 1.39. The Morgan fingerprint density at radius 2 is 2.14 bits per heavy atom. The number of ether oxygens (including phenoxy) is 1. The first-order valence-corrected chi connectivity index (χ1v) is 9.97. The number of nitrogens with one attached hydrogen (secondary N) is 1. The van der Waals surface area contributed by atoms with Crippen LogP contribution in [0.2, 0.25) is 0 Å². The van der Waals surface area contributed by atoms with Crippen molar-refractivity contribution >= 4 is 39.4 Å². The zero-order valence-electron chi connectivity index (χ0n) is 16.1. The van der Waals surface area contributed by atoms with Crippen molar-refractivity contribution in [2.45, 2.75) is 13.3 Å². The predicted octanol–water partition coefficient (Wildman–Crippen LogP) is 5.45. The van der Waals surface area contributed by atoms with Gasteiger partial charge in [-0.05, 0) is 42.8 Å². The third kappa shape index (κ3) is 4.73.